The van der Waals surface area contributed by atoms with Crippen molar-refractivity contribution < 1.29 is 0 Å². The van der Waals surface area contributed by atoms with E-state index in [1.807, 2.05) is 25.1 Å². The number of aromatic nitrogens is 3. The average molecular weight is 202 g/mol. The Kier molecular flexibility index (Phi) is 2.78. The van der Waals surface area contributed by atoms with E-state index in [0.29, 0.717) is 6.54 Å². The molecule has 2 aromatic rings. The third-order valence-corrected chi connectivity index (χ3v) is 2.32. The van der Waals surface area contributed by atoms with Gasteiger partial charge < -0.3 is 5.73 Å². The van der Waals surface area contributed by atoms with E-state index in [1.165, 1.54) is 0 Å². The lowest BCUT2D eigenvalue weighted by molar-refractivity contribution is 0.898. The molecular formula is C11H14N4. The molecular weight excluding hydrogens is 188 g/mol. The second-order valence-electron chi connectivity index (χ2n) is 3.42. The van der Waals surface area contributed by atoms with Crippen LogP contribution in [-0.4, -0.2) is 21.7 Å². The molecule has 0 atom stereocenters. The van der Waals surface area contributed by atoms with Crippen LogP contribution in [0.5, 0.6) is 0 Å². The largest absolute Gasteiger partial charge is 0.330 e. The minimum absolute atomic E-state index is 0.601. The summed E-state index contributed by atoms with van der Waals surface area (Å²) >= 11 is 0. The third-order valence-electron chi connectivity index (χ3n) is 2.32. The van der Waals surface area contributed by atoms with Crippen molar-refractivity contribution in [2.24, 2.45) is 5.73 Å². The summed E-state index contributed by atoms with van der Waals surface area (Å²) in [6.45, 7) is 2.60. The average Bonchev–Trinajstić information content (AvgIpc) is 2.62. The topological polar surface area (TPSA) is 67.6 Å². The van der Waals surface area contributed by atoms with Crippen LogP contribution in [0.1, 0.15) is 11.4 Å². The summed E-state index contributed by atoms with van der Waals surface area (Å²) in [5, 5.41) is 7.21. The van der Waals surface area contributed by atoms with E-state index in [2.05, 4.69) is 15.2 Å². The van der Waals surface area contributed by atoms with E-state index < -0.39 is 0 Å². The van der Waals surface area contributed by atoms with Crippen LogP contribution < -0.4 is 5.73 Å². The van der Waals surface area contributed by atoms with Crippen molar-refractivity contribution in [3.05, 3.63) is 35.8 Å². The minimum atomic E-state index is 0.601. The molecule has 2 heterocycles. The van der Waals surface area contributed by atoms with Crippen LogP contribution in [0, 0.1) is 6.92 Å². The van der Waals surface area contributed by atoms with Crippen molar-refractivity contribution >= 4 is 0 Å². The highest BCUT2D eigenvalue weighted by Gasteiger charge is 2.11. The number of hydrogen-bond acceptors (Lipinski definition) is 3. The van der Waals surface area contributed by atoms with Crippen LogP contribution in [0.4, 0.5) is 0 Å². The van der Waals surface area contributed by atoms with Crippen LogP contribution in [0.3, 0.4) is 0 Å². The number of aryl methyl sites for hydroxylation is 1. The Bertz CT molecular complexity index is 433. The quantitative estimate of drug-likeness (QED) is 0.787. The smallest absolute Gasteiger partial charge is 0.0739 e. The summed E-state index contributed by atoms with van der Waals surface area (Å²) in [6.07, 6.45) is 2.56. The summed E-state index contributed by atoms with van der Waals surface area (Å²) in [5.74, 6) is 0. The molecule has 0 unspecified atom stereocenters. The molecule has 0 aliphatic rings. The van der Waals surface area contributed by atoms with Crippen molar-refractivity contribution in [3.63, 3.8) is 0 Å². The molecule has 0 bridgehead atoms. The monoisotopic (exact) mass is 202 g/mol. The standard InChI is InChI=1S/C11H14N4/c1-8-11(9-4-2-3-7-13-9)10(5-6-12)15-14-8/h2-4,7H,5-6,12H2,1H3,(H,14,15). The fourth-order valence-electron chi connectivity index (χ4n) is 1.65. The second-order valence-corrected chi connectivity index (χ2v) is 3.42. The lowest BCUT2D eigenvalue weighted by Gasteiger charge is -2.01. The highest BCUT2D eigenvalue weighted by Crippen LogP contribution is 2.23. The van der Waals surface area contributed by atoms with Crippen LogP contribution in [-0.2, 0) is 6.42 Å². The molecule has 0 aliphatic carbocycles. The summed E-state index contributed by atoms with van der Waals surface area (Å²) in [4.78, 5) is 4.32. The Balaban J connectivity index is 2.47. The van der Waals surface area contributed by atoms with E-state index >= 15 is 0 Å². The van der Waals surface area contributed by atoms with E-state index in [4.69, 9.17) is 5.73 Å². The first-order chi connectivity index (χ1) is 7.33. The molecule has 2 aromatic heterocycles. The Morgan fingerprint density at radius 1 is 1.40 bits per heavy atom. The molecule has 0 spiro atoms. The van der Waals surface area contributed by atoms with Crippen LogP contribution >= 0.6 is 0 Å². The minimum Gasteiger partial charge on any atom is -0.330 e. The van der Waals surface area contributed by atoms with Gasteiger partial charge >= 0.3 is 0 Å². The zero-order valence-electron chi connectivity index (χ0n) is 8.70. The normalized spacial score (nSPS) is 10.5. The van der Waals surface area contributed by atoms with Crippen molar-refractivity contribution in [1.29, 1.82) is 0 Å². The van der Waals surface area contributed by atoms with Gasteiger partial charge in [0.2, 0.25) is 0 Å². The first-order valence-corrected chi connectivity index (χ1v) is 4.98. The number of nitrogens with zero attached hydrogens (tertiary/aromatic N) is 2. The van der Waals surface area contributed by atoms with Gasteiger partial charge in [-0.15, -0.1) is 0 Å². The van der Waals surface area contributed by atoms with Gasteiger partial charge in [0.25, 0.3) is 0 Å². The molecule has 0 saturated heterocycles. The van der Waals surface area contributed by atoms with Gasteiger partial charge in [0.1, 0.15) is 0 Å². The summed E-state index contributed by atoms with van der Waals surface area (Å²) in [5.41, 5.74) is 9.61. The molecule has 4 heteroatoms. The van der Waals surface area contributed by atoms with E-state index in [1.54, 1.807) is 6.20 Å². The van der Waals surface area contributed by atoms with Gasteiger partial charge in [-0.1, -0.05) is 6.07 Å². The van der Waals surface area contributed by atoms with Crippen molar-refractivity contribution in [3.8, 4) is 11.3 Å². The molecule has 0 saturated carbocycles. The lowest BCUT2D eigenvalue weighted by atomic mass is 10.1. The Hall–Kier alpha value is -1.68. The van der Waals surface area contributed by atoms with Crippen molar-refractivity contribution in [2.75, 3.05) is 6.54 Å². The predicted molar refractivity (Wildman–Crippen MR) is 59.3 cm³/mol. The van der Waals surface area contributed by atoms with Crippen molar-refractivity contribution in [1.82, 2.24) is 15.2 Å². The third kappa shape index (κ3) is 1.89. The van der Waals surface area contributed by atoms with Gasteiger partial charge in [0, 0.05) is 23.9 Å². The van der Waals surface area contributed by atoms with E-state index in [0.717, 1.165) is 29.1 Å². The second kappa shape index (κ2) is 4.23. The summed E-state index contributed by atoms with van der Waals surface area (Å²) < 4.78 is 0. The zero-order chi connectivity index (χ0) is 10.7. The number of pyridine rings is 1. The molecule has 0 radical (unpaired) electrons. The van der Waals surface area contributed by atoms with E-state index in [-0.39, 0.29) is 0 Å². The fourth-order valence-corrected chi connectivity index (χ4v) is 1.65. The number of nitrogens with two attached hydrogens (primary N) is 1. The molecule has 4 nitrogen and oxygen atoms in total. The van der Waals surface area contributed by atoms with E-state index in [9.17, 15) is 0 Å². The predicted octanol–water partition coefficient (Wildman–Crippen LogP) is 1.28. The van der Waals surface area contributed by atoms with Gasteiger partial charge in [-0.2, -0.15) is 5.10 Å². The molecule has 2 rings (SSSR count). The number of aromatic amines is 1. The first-order valence-electron chi connectivity index (χ1n) is 4.98. The summed E-state index contributed by atoms with van der Waals surface area (Å²) in [7, 11) is 0. The fraction of sp³-hybridized carbons (Fsp3) is 0.273. The van der Waals surface area contributed by atoms with Crippen molar-refractivity contribution in [2.45, 2.75) is 13.3 Å². The van der Waals surface area contributed by atoms with Gasteiger partial charge in [0.05, 0.1) is 11.4 Å². The molecule has 15 heavy (non-hydrogen) atoms. The maximum absolute atomic E-state index is 5.54. The number of H-pyrrole nitrogens is 1. The number of hydrogen-bond donors (Lipinski definition) is 2. The number of nitrogens with one attached hydrogen (secondary N) is 1. The molecule has 0 amide bonds. The molecule has 3 N–H and O–H groups in total. The lowest BCUT2D eigenvalue weighted by Crippen LogP contribution is -2.04. The van der Waals surface area contributed by atoms with Gasteiger partial charge in [-0.3, -0.25) is 10.1 Å². The van der Waals surface area contributed by atoms with Gasteiger partial charge in [0.15, 0.2) is 0 Å². The first kappa shape index (κ1) is 9.86. The number of rotatable bonds is 3. The van der Waals surface area contributed by atoms with Gasteiger partial charge in [-0.05, 0) is 25.6 Å². The zero-order valence-corrected chi connectivity index (χ0v) is 8.70. The highest BCUT2D eigenvalue weighted by atomic mass is 15.1. The molecule has 78 valence electrons. The van der Waals surface area contributed by atoms with Crippen LogP contribution in [0.25, 0.3) is 11.3 Å². The van der Waals surface area contributed by atoms with Crippen LogP contribution in [0.15, 0.2) is 24.4 Å². The Labute approximate surface area is 88.5 Å². The molecule has 0 aliphatic heterocycles. The van der Waals surface area contributed by atoms with Crippen LogP contribution in [0.2, 0.25) is 0 Å². The highest BCUT2D eigenvalue weighted by molar-refractivity contribution is 5.64. The maximum Gasteiger partial charge on any atom is 0.0739 e. The maximum atomic E-state index is 5.54. The molecule has 0 fully saturated rings. The molecule has 0 aromatic carbocycles. The van der Waals surface area contributed by atoms with Gasteiger partial charge in [-0.25, -0.2) is 0 Å². The Morgan fingerprint density at radius 3 is 2.93 bits per heavy atom. The Morgan fingerprint density at radius 2 is 2.27 bits per heavy atom. The SMILES string of the molecule is Cc1[nH]nc(CCN)c1-c1ccccn1. The summed E-state index contributed by atoms with van der Waals surface area (Å²) in [6, 6.07) is 5.86.